The third-order valence-electron chi connectivity index (χ3n) is 5.75. The Balaban J connectivity index is 1.52. The Morgan fingerprint density at radius 3 is 2.72 bits per heavy atom. The quantitative estimate of drug-likeness (QED) is 0.807. The molecule has 7 heteroatoms. The molecule has 1 aliphatic heterocycles. The highest BCUT2D eigenvalue weighted by molar-refractivity contribution is 5.95. The topological polar surface area (TPSA) is 89.8 Å². The van der Waals surface area contributed by atoms with Gasteiger partial charge in [0.1, 0.15) is 5.56 Å². The van der Waals surface area contributed by atoms with E-state index in [2.05, 4.69) is 5.32 Å². The zero-order valence-electron chi connectivity index (χ0n) is 16.6. The summed E-state index contributed by atoms with van der Waals surface area (Å²) in [6, 6.07) is 7.29. The summed E-state index contributed by atoms with van der Waals surface area (Å²) < 4.78 is 12.2. The molecule has 0 radical (unpaired) electrons. The summed E-state index contributed by atoms with van der Waals surface area (Å²) >= 11 is 0. The molecule has 1 aromatic heterocycles. The molecule has 2 aliphatic rings. The van der Waals surface area contributed by atoms with Crippen molar-refractivity contribution in [2.45, 2.75) is 51.2 Å². The molecule has 0 saturated heterocycles. The molecule has 1 aromatic carbocycles. The first kappa shape index (κ1) is 19.5. The standard InChI is InChI=1S/C22H26N2O5/c1-15-7-10-24(12-16-5-6-17-18(11-16)29-14-28-17)21(26)19(15)20(25)23-13-22(27)8-3-2-4-9-22/h5-7,10-11,27H,2-4,8-9,12-14H2,1H3,(H,23,25). The SMILES string of the molecule is Cc1ccn(Cc2ccc3c(c2)OCO3)c(=O)c1C(=O)NCC1(O)CCCCC1. The number of benzene rings is 1. The second-order valence-corrected chi connectivity index (χ2v) is 7.96. The van der Waals surface area contributed by atoms with E-state index in [1.807, 2.05) is 18.2 Å². The molecular weight excluding hydrogens is 372 g/mol. The average molecular weight is 398 g/mol. The van der Waals surface area contributed by atoms with Crippen LogP contribution in [0.4, 0.5) is 0 Å². The Bertz CT molecular complexity index is 976. The number of nitrogens with zero attached hydrogens (tertiary/aromatic N) is 1. The molecule has 154 valence electrons. The Morgan fingerprint density at radius 2 is 1.93 bits per heavy atom. The molecule has 4 rings (SSSR count). The van der Waals surface area contributed by atoms with Gasteiger partial charge in [0.15, 0.2) is 11.5 Å². The lowest BCUT2D eigenvalue weighted by atomic mass is 9.85. The summed E-state index contributed by atoms with van der Waals surface area (Å²) in [6.45, 7) is 2.43. The van der Waals surface area contributed by atoms with Crippen LogP contribution < -0.4 is 20.3 Å². The number of aliphatic hydroxyl groups is 1. The fourth-order valence-electron chi connectivity index (χ4n) is 4.02. The number of ether oxygens (including phenoxy) is 2. The van der Waals surface area contributed by atoms with Gasteiger partial charge in [-0.05, 0) is 49.1 Å². The van der Waals surface area contributed by atoms with E-state index in [1.165, 1.54) is 4.57 Å². The normalized spacial score (nSPS) is 17.2. The van der Waals surface area contributed by atoms with E-state index in [1.54, 1.807) is 19.2 Å². The molecule has 0 atom stereocenters. The van der Waals surface area contributed by atoms with Crippen molar-refractivity contribution in [3.8, 4) is 11.5 Å². The van der Waals surface area contributed by atoms with Crippen LogP contribution in [0.5, 0.6) is 11.5 Å². The number of aryl methyl sites for hydroxylation is 1. The summed E-state index contributed by atoms with van der Waals surface area (Å²) in [4.78, 5) is 25.7. The van der Waals surface area contributed by atoms with Crippen LogP contribution in [0.3, 0.4) is 0 Å². The Morgan fingerprint density at radius 1 is 1.17 bits per heavy atom. The molecule has 2 N–H and O–H groups in total. The van der Waals surface area contributed by atoms with Crippen LogP contribution in [-0.4, -0.2) is 34.5 Å². The maximum absolute atomic E-state index is 13.0. The predicted molar refractivity (Wildman–Crippen MR) is 107 cm³/mol. The van der Waals surface area contributed by atoms with Gasteiger partial charge in [-0.1, -0.05) is 25.3 Å². The highest BCUT2D eigenvalue weighted by atomic mass is 16.7. The number of hydrogen-bond acceptors (Lipinski definition) is 5. The lowest BCUT2D eigenvalue weighted by molar-refractivity contribution is 0.00523. The second-order valence-electron chi connectivity index (χ2n) is 7.96. The summed E-state index contributed by atoms with van der Waals surface area (Å²) in [5.41, 5.74) is 0.388. The lowest BCUT2D eigenvalue weighted by Gasteiger charge is -2.32. The fourth-order valence-corrected chi connectivity index (χ4v) is 4.02. The predicted octanol–water partition coefficient (Wildman–Crippen LogP) is 2.36. The van der Waals surface area contributed by atoms with Crippen molar-refractivity contribution in [2.24, 2.45) is 0 Å². The van der Waals surface area contributed by atoms with Crippen LogP contribution in [0.25, 0.3) is 0 Å². The molecule has 1 aliphatic carbocycles. The third kappa shape index (κ3) is 4.15. The van der Waals surface area contributed by atoms with Gasteiger partial charge in [0.2, 0.25) is 6.79 Å². The molecule has 0 spiro atoms. The van der Waals surface area contributed by atoms with Gasteiger partial charge < -0.3 is 24.5 Å². The van der Waals surface area contributed by atoms with Gasteiger partial charge in [-0.3, -0.25) is 9.59 Å². The molecule has 1 fully saturated rings. The Hall–Kier alpha value is -2.80. The number of carbonyl (C=O) groups excluding carboxylic acids is 1. The van der Waals surface area contributed by atoms with Crippen LogP contribution in [-0.2, 0) is 6.54 Å². The van der Waals surface area contributed by atoms with E-state index >= 15 is 0 Å². The monoisotopic (exact) mass is 398 g/mol. The number of nitrogens with one attached hydrogen (secondary N) is 1. The van der Waals surface area contributed by atoms with E-state index in [-0.39, 0.29) is 24.5 Å². The summed E-state index contributed by atoms with van der Waals surface area (Å²) in [5, 5.41) is 13.4. The molecule has 29 heavy (non-hydrogen) atoms. The van der Waals surface area contributed by atoms with Gasteiger partial charge in [-0.15, -0.1) is 0 Å². The molecule has 0 unspecified atom stereocenters. The fraction of sp³-hybridized carbons (Fsp3) is 0.455. The molecule has 7 nitrogen and oxygen atoms in total. The van der Waals surface area contributed by atoms with Crippen molar-refractivity contribution in [3.05, 3.63) is 57.5 Å². The van der Waals surface area contributed by atoms with Crippen LogP contribution in [0.2, 0.25) is 0 Å². The minimum Gasteiger partial charge on any atom is -0.454 e. The second kappa shape index (κ2) is 7.91. The first-order valence-electron chi connectivity index (χ1n) is 10.0. The highest BCUT2D eigenvalue weighted by Gasteiger charge is 2.30. The van der Waals surface area contributed by atoms with Crippen molar-refractivity contribution >= 4 is 5.91 Å². The number of rotatable bonds is 5. The van der Waals surface area contributed by atoms with Crippen molar-refractivity contribution in [3.63, 3.8) is 0 Å². The van der Waals surface area contributed by atoms with Gasteiger partial charge in [0.25, 0.3) is 11.5 Å². The van der Waals surface area contributed by atoms with E-state index in [0.717, 1.165) is 24.8 Å². The molecule has 2 aromatic rings. The van der Waals surface area contributed by atoms with E-state index in [9.17, 15) is 14.7 Å². The summed E-state index contributed by atoms with van der Waals surface area (Å²) in [6.07, 6.45) is 6.06. The third-order valence-corrected chi connectivity index (χ3v) is 5.75. The maximum atomic E-state index is 13.0. The molecular formula is C22H26N2O5. The number of hydrogen-bond donors (Lipinski definition) is 2. The van der Waals surface area contributed by atoms with Crippen LogP contribution >= 0.6 is 0 Å². The summed E-state index contributed by atoms with van der Waals surface area (Å²) in [5.74, 6) is 0.901. The number of pyridine rings is 1. The minimum absolute atomic E-state index is 0.118. The van der Waals surface area contributed by atoms with E-state index < -0.39 is 11.5 Å². The number of fused-ring (bicyclic) bond motifs is 1. The first-order valence-corrected chi connectivity index (χ1v) is 10.0. The summed E-state index contributed by atoms with van der Waals surface area (Å²) in [7, 11) is 0. The maximum Gasteiger partial charge on any atom is 0.263 e. The first-order chi connectivity index (χ1) is 14.0. The van der Waals surface area contributed by atoms with E-state index in [4.69, 9.17) is 9.47 Å². The van der Waals surface area contributed by atoms with Gasteiger partial charge >= 0.3 is 0 Å². The van der Waals surface area contributed by atoms with Crippen LogP contribution in [0, 0.1) is 6.92 Å². The van der Waals surface area contributed by atoms with Gasteiger partial charge in [0.05, 0.1) is 12.1 Å². The molecule has 1 amide bonds. The molecule has 0 bridgehead atoms. The highest BCUT2D eigenvalue weighted by Crippen LogP contribution is 2.32. The lowest BCUT2D eigenvalue weighted by Crippen LogP contribution is -2.45. The Labute approximate surface area is 169 Å². The molecule has 2 heterocycles. The zero-order valence-corrected chi connectivity index (χ0v) is 16.6. The van der Waals surface area contributed by atoms with Gasteiger partial charge in [-0.25, -0.2) is 0 Å². The Kier molecular flexibility index (Phi) is 5.32. The number of carbonyl (C=O) groups is 1. The number of amides is 1. The largest absolute Gasteiger partial charge is 0.454 e. The van der Waals surface area contributed by atoms with Gasteiger partial charge in [0, 0.05) is 12.7 Å². The number of aromatic nitrogens is 1. The van der Waals surface area contributed by atoms with Crippen LogP contribution in [0.15, 0.2) is 35.3 Å². The van der Waals surface area contributed by atoms with Crippen molar-refractivity contribution < 1.29 is 19.4 Å². The zero-order chi connectivity index (χ0) is 20.4. The van der Waals surface area contributed by atoms with Crippen molar-refractivity contribution in [2.75, 3.05) is 13.3 Å². The molecule has 1 saturated carbocycles. The van der Waals surface area contributed by atoms with Gasteiger partial charge in [-0.2, -0.15) is 0 Å². The minimum atomic E-state index is -0.873. The van der Waals surface area contributed by atoms with Crippen molar-refractivity contribution in [1.82, 2.24) is 9.88 Å². The average Bonchev–Trinajstić information content (AvgIpc) is 3.17. The smallest absolute Gasteiger partial charge is 0.263 e. The van der Waals surface area contributed by atoms with Crippen molar-refractivity contribution in [1.29, 1.82) is 0 Å². The van der Waals surface area contributed by atoms with E-state index in [0.29, 0.717) is 36.4 Å². The van der Waals surface area contributed by atoms with Crippen LogP contribution in [0.1, 0.15) is 53.6 Å².